The Morgan fingerprint density at radius 2 is 2.38 bits per heavy atom. The maximum absolute atomic E-state index is 12.5. The maximum atomic E-state index is 12.5. The molecule has 7 heteroatoms. The van der Waals surface area contributed by atoms with Crippen LogP contribution >= 0.6 is 0 Å². The number of aryl methyl sites for hydroxylation is 1. The van der Waals surface area contributed by atoms with Gasteiger partial charge < -0.3 is 14.8 Å². The molecule has 0 aliphatic carbocycles. The molecular weight excluding hydrogens is 308 g/mol. The molecule has 3 rings (SSSR count). The molecule has 0 saturated carbocycles. The number of nitrogens with zero attached hydrogens (tertiary/aromatic N) is 3. The highest BCUT2D eigenvalue weighted by molar-refractivity contribution is 5.93. The third kappa shape index (κ3) is 3.63. The zero-order valence-corrected chi connectivity index (χ0v) is 14.0. The van der Waals surface area contributed by atoms with Gasteiger partial charge in [0, 0.05) is 20.3 Å². The van der Waals surface area contributed by atoms with Gasteiger partial charge >= 0.3 is 0 Å². The molecule has 1 amide bonds. The largest absolute Gasteiger partial charge is 0.378 e. The molecule has 1 unspecified atom stereocenters. The molecule has 1 atom stereocenters. The van der Waals surface area contributed by atoms with Crippen LogP contribution in [0.25, 0.3) is 5.69 Å². The molecule has 1 aromatic heterocycles. The van der Waals surface area contributed by atoms with Crippen molar-refractivity contribution in [3.63, 3.8) is 0 Å². The van der Waals surface area contributed by atoms with Gasteiger partial charge in [0.1, 0.15) is 5.69 Å². The minimum absolute atomic E-state index is 0.0895. The van der Waals surface area contributed by atoms with Crippen molar-refractivity contribution in [2.75, 3.05) is 20.3 Å². The fourth-order valence-corrected chi connectivity index (χ4v) is 2.81. The highest BCUT2D eigenvalue weighted by Gasteiger charge is 2.22. The number of hydrogen-bond donors (Lipinski definition) is 1. The van der Waals surface area contributed by atoms with Gasteiger partial charge in [-0.25, -0.2) is 4.68 Å². The number of amides is 1. The van der Waals surface area contributed by atoms with E-state index in [0.717, 1.165) is 30.7 Å². The Hall–Kier alpha value is -2.25. The van der Waals surface area contributed by atoms with Crippen molar-refractivity contribution >= 4 is 5.91 Å². The molecule has 1 aliphatic rings. The summed E-state index contributed by atoms with van der Waals surface area (Å²) < 4.78 is 12.4. The zero-order chi connectivity index (χ0) is 16.9. The van der Waals surface area contributed by atoms with E-state index in [1.807, 2.05) is 31.2 Å². The second-order valence-electron chi connectivity index (χ2n) is 5.91. The summed E-state index contributed by atoms with van der Waals surface area (Å²) in [5, 5.41) is 11.1. The monoisotopic (exact) mass is 330 g/mol. The van der Waals surface area contributed by atoms with Gasteiger partial charge in [0.25, 0.3) is 5.91 Å². The van der Waals surface area contributed by atoms with Crippen LogP contribution in [0.1, 0.15) is 34.6 Å². The Labute approximate surface area is 141 Å². The highest BCUT2D eigenvalue weighted by Crippen LogP contribution is 2.16. The van der Waals surface area contributed by atoms with E-state index in [4.69, 9.17) is 9.47 Å². The standard InChI is InChI=1S/C17H22N4O3/c1-12-5-3-6-13(9-12)21-15(11-23-2)16(19-20-21)17(22)18-10-14-7-4-8-24-14/h3,5-6,9,14H,4,7-8,10-11H2,1-2H3,(H,18,22). The lowest BCUT2D eigenvalue weighted by molar-refractivity contribution is 0.0849. The number of methoxy groups -OCH3 is 1. The zero-order valence-electron chi connectivity index (χ0n) is 14.0. The Bertz CT molecular complexity index is 708. The lowest BCUT2D eigenvalue weighted by atomic mass is 10.2. The lowest BCUT2D eigenvalue weighted by Gasteiger charge is -2.11. The van der Waals surface area contributed by atoms with Gasteiger partial charge in [-0.05, 0) is 37.5 Å². The molecule has 2 heterocycles. The van der Waals surface area contributed by atoms with Crippen molar-refractivity contribution in [3.8, 4) is 5.69 Å². The molecule has 1 N–H and O–H groups in total. The lowest BCUT2D eigenvalue weighted by Crippen LogP contribution is -2.32. The molecule has 2 aromatic rings. The van der Waals surface area contributed by atoms with Gasteiger partial charge in [0.05, 0.1) is 18.4 Å². The molecule has 0 bridgehead atoms. The number of hydrogen-bond acceptors (Lipinski definition) is 5. The fourth-order valence-electron chi connectivity index (χ4n) is 2.81. The van der Waals surface area contributed by atoms with Crippen molar-refractivity contribution in [3.05, 3.63) is 41.2 Å². The van der Waals surface area contributed by atoms with Crippen LogP contribution in [0.15, 0.2) is 24.3 Å². The number of carbonyl (C=O) groups is 1. The fraction of sp³-hybridized carbons (Fsp3) is 0.471. The smallest absolute Gasteiger partial charge is 0.273 e. The molecule has 1 saturated heterocycles. The van der Waals surface area contributed by atoms with E-state index in [0.29, 0.717) is 12.2 Å². The number of nitrogens with one attached hydrogen (secondary N) is 1. The minimum atomic E-state index is -0.253. The summed E-state index contributed by atoms with van der Waals surface area (Å²) in [6.45, 7) is 3.51. The molecule has 0 spiro atoms. The number of aromatic nitrogens is 3. The summed E-state index contributed by atoms with van der Waals surface area (Å²) in [6.07, 6.45) is 2.10. The molecule has 24 heavy (non-hydrogen) atoms. The van der Waals surface area contributed by atoms with Crippen LogP contribution in [0.2, 0.25) is 0 Å². The predicted octanol–water partition coefficient (Wildman–Crippen LogP) is 1.63. The number of rotatable bonds is 6. The average molecular weight is 330 g/mol. The van der Waals surface area contributed by atoms with Crippen LogP contribution in [-0.4, -0.2) is 47.3 Å². The Kier molecular flexibility index (Phi) is 5.22. The van der Waals surface area contributed by atoms with E-state index in [1.54, 1.807) is 11.8 Å². The second kappa shape index (κ2) is 7.55. The first-order valence-electron chi connectivity index (χ1n) is 8.09. The van der Waals surface area contributed by atoms with Crippen LogP contribution in [0.4, 0.5) is 0 Å². The molecule has 0 radical (unpaired) electrons. The molecule has 1 aliphatic heterocycles. The van der Waals surface area contributed by atoms with Gasteiger partial charge in [-0.2, -0.15) is 0 Å². The average Bonchev–Trinajstić information content (AvgIpc) is 3.23. The highest BCUT2D eigenvalue weighted by atomic mass is 16.5. The van der Waals surface area contributed by atoms with Gasteiger partial charge in [-0.3, -0.25) is 4.79 Å². The van der Waals surface area contributed by atoms with Gasteiger partial charge in [-0.15, -0.1) is 5.10 Å². The topological polar surface area (TPSA) is 78.3 Å². The van der Waals surface area contributed by atoms with Gasteiger partial charge in [-0.1, -0.05) is 17.3 Å². The van der Waals surface area contributed by atoms with E-state index in [-0.39, 0.29) is 24.3 Å². The van der Waals surface area contributed by atoms with Crippen LogP contribution < -0.4 is 5.32 Å². The van der Waals surface area contributed by atoms with Crippen LogP contribution in [0.3, 0.4) is 0 Å². The maximum Gasteiger partial charge on any atom is 0.273 e. The molecular formula is C17H22N4O3. The second-order valence-corrected chi connectivity index (χ2v) is 5.91. The van der Waals surface area contributed by atoms with Gasteiger partial charge in [0.15, 0.2) is 5.69 Å². The predicted molar refractivity (Wildman–Crippen MR) is 88.1 cm³/mol. The summed E-state index contributed by atoms with van der Waals surface area (Å²) in [6, 6.07) is 7.86. The molecule has 7 nitrogen and oxygen atoms in total. The molecule has 1 fully saturated rings. The first-order chi connectivity index (χ1) is 11.7. The Balaban J connectivity index is 1.81. The van der Waals surface area contributed by atoms with Gasteiger partial charge in [0.2, 0.25) is 0 Å². The van der Waals surface area contributed by atoms with E-state index in [9.17, 15) is 4.79 Å². The normalized spacial score (nSPS) is 17.2. The minimum Gasteiger partial charge on any atom is -0.378 e. The van der Waals surface area contributed by atoms with E-state index < -0.39 is 0 Å². The van der Waals surface area contributed by atoms with Crippen molar-refractivity contribution < 1.29 is 14.3 Å². The van der Waals surface area contributed by atoms with Crippen molar-refractivity contribution in [1.82, 2.24) is 20.3 Å². The summed E-state index contributed by atoms with van der Waals surface area (Å²) in [5.74, 6) is -0.253. The van der Waals surface area contributed by atoms with Crippen LogP contribution in [-0.2, 0) is 16.1 Å². The Morgan fingerprint density at radius 3 is 3.08 bits per heavy atom. The molecule has 128 valence electrons. The summed E-state index contributed by atoms with van der Waals surface area (Å²) >= 11 is 0. The summed E-state index contributed by atoms with van der Waals surface area (Å²) in [5.41, 5.74) is 2.88. The third-order valence-corrected chi connectivity index (χ3v) is 4.02. The third-order valence-electron chi connectivity index (χ3n) is 4.02. The first kappa shape index (κ1) is 16.6. The SMILES string of the molecule is COCc1c(C(=O)NCC2CCCO2)nnn1-c1cccc(C)c1. The van der Waals surface area contributed by atoms with E-state index in [2.05, 4.69) is 15.6 Å². The van der Waals surface area contributed by atoms with Crippen molar-refractivity contribution in [1.29, 1.82) is 0 Å². The van der Waals surface area contributed by atoms with E-state index >= 15 is 0 Å². The molecule has 1 aromatic carbocycles. The van der Waals surface area contributed by atoms with E-state index in [1.165, 1.54) is 0 Å². The number of ether oxygens (including phenoxy) is 2. The summed E-state index contributed by atoms with van der Waals surface area (Å²) in [4.78, 5) is 12.5. The summed E-state index contributed by atoms with van der Waals surface area (Å²) in [7, 11) is 1.58. The van der Waals surface area contributed by atoms with Crippen LogP contribution in [0, 0.1) is 6.92 Å². The van der Waals surface area contributed by atoms with Crippen molar-refractivity contribution in [2.45, 2.75) is 32.5 Å². The number of benzene rings is 1. The Morgan fingerprint density at radius 1 is 1.50 bits per heavy atom. The quantitative estimate of drug-likeness (QED) is 0.871. The first-order valence-corrected chi connectivity index (χ1v) is 8.09. The van der Waals surface area contributed by atoms with Crippen molar-refractivity contribution in [2.24, 2.45) is 0 Å². The van der Waals surface area contributed by atoms with Crippen LogP contribution in [0.5, 0.6) is 0 Å². The number of carbonyl (C=O) groups excluding carboxylic acids is 1.